The monoisotopic (exact) mass is 239 g/mol. The molecule has 1 saturated heterocycles. The van der Waals surface area contributed by atoms with Crippen LogP contribution in [-0.2, 0) is 4.79 Å². The van der Waals surface area contributed by atoms with Gasteiger partial charge in [-0.15, -0.1) is 0 Å². The first-order chi connectivity index (χ1) is 7.66. The lowest BCUT2D eigenvalue weighted by Crippen LogP contribution is -2.28. The van der Waals surface area contributed by atoms with E-state index < -0.39 is 0 Å². The zero-order chi connectivity index (χ0) is 11.5. The van der Waals surface area contributed by atoms with E-state index in [-0.39, 0.29) is 5.91 Å². The Morgan fingerprint density at radius 3 is 2.94 bits per heavy atom. The van der Waals surface area contributed by atoms with Crippen LogP contribution in [0.25, 0.3) is 0 Å². The summed E-state index contributed by atoms with van der Waals surface area (Å²) < 4.78 is 0. The maximum absolute atomic E-state index is 11.2. The van der Waals surface area contributed by atoms with E-state index in [1.165, 1.54) is 0 Å². The molecule has 5 heteroatoms. The van der Waals surface area contributed by atoms with Crippen LogP contribution in [0.5, 0.6) is 0 Å². The van der Waals surface area contributed by atoms with Crippen LogP contribution in [0.15, 0.2) is 18.2 Å². The maximum Gasteiger partial charge on any atom is 0.221 e. The van der Waals surface area contributed by atoms with Crippen molar-refractivity contribution in [1.82, 2.24) is 5.32 Å². The second kappa shape index (κ2) is 4.61. The Balaban J connectivity index is 2.19. The summed E-state index contributed by atoms with van der Waals surface area (Å²) in [4.78, 5) is 13.3. The highest BCUT2D eigenvalue weighted by Gasteiger charge is 2.15. The molecule has 1 amide bonds. The molecule has 0 saturated carbocycles. The van der Waals surface area contributed by atoms with Crippen molar-refractivity contribution in [3.8, 4) is 0 Å². The molecule has 1 aliphatic rings. The Bertz CT molecular complexity index is 408. The third kappa shape index (κ3) is 2.39. The van der Waals surface area contributed by atoms with Crippen LogP contribution in [0, 0.1) is 0 Å². The number of hydrogen-bond acceptors (Lipinski definition) is 3. The van der Waals surface area contributed by atoms with Crippen LogP contribution < -0.4 is 16.0 Å². The zero-order valence-corrected chi connectivity index (χ0v) is 9.63. The largest absolute Gasteiger partial charge is 0.397 e. The van der Waals surface area contributed by atoms with Crippen molar-refractivity contribution >= 4 is 28.9 Å². The van der Waals surface area contributed by atoms with Gasteiger partial charge in [0, 0.05) is 31.1 Å². The van der Waals surface area contributed by atoms with Crippen LogP contribution >= 0.6 is 11.6 Å². The number of amides is 1. The van der Waals surface area contributed by atoms with Crippen molar-refractivity contribution in [1.29, 1.82) is 0 Å². The summed E-state index contributed by atoms with van der Waals surface area (Å²) in [6, 6.07) is 5.44. The van der Waals surface area contributed by atoms with Gasteiger partial charge in [0.15, 0.2) is 0 Å². The van der Waals surface area contributed by atoms with E-state index in [9.17, 15) is 4.79 Å². The summed E-state index contributed by atoms with van der Waals surface area (Å²) in [5, 5.41) is 3.46. The number of carbonyl (C=O) groups excluding carboxylic acids is 1. The van der Waals surface area contributed by atoms with Gasteiger partial charge in [-0.05, 0) is 18.2 Å². The second-order valence-corrected chi connectivity index (χ2v) is 4.23. The molecule has 4 nitrogen and oxygen atoms in total. The molecule has 2 rings (SSSR count). The molecule has 1 heterocycles. The van der Waals surface area contributed by atoms with Gasteiger partial charge < -0.3 is 16.0 Å². The summed E-state index contributed by atoms with van der Waals surface area (Å²) in [6.45, 7) is 2.12. The van der Waals surface area contributed by atoms with E-state index in [4.69, 9.17) is 17.3 Å². The molecule has 0 bridgehead atoms. The maximum atomic E-state index is 11.2. The van der Waals surface area contributed by atoms with Gasteiger partial charge in [0.25, 0.3) is 0 Å². The van der Waals surface area contributed by atoms with Gasteiger partial charge in [0.1, 0.15) is 0 Å². The van der Waals surface area contributed by atoms with Crippen molar-refractivity contribution in [3.05, 3.63) is 23.2 Å². The lowest BCUT2D eigenvalue weighted by molar-refractivity contribution is -0.120. The first-order valence-electron chi connectivity index (χ1n) is 5.23. The number of nitrogens with one attached hydrogen (secondary N) is 1. The predicted octanol–water partition coefficient (Wildman–Crippen LogP) is 1.25. The third-order valence-electron chi connectivity index (χ3n) is 2.64. The standard InChI is InChI=1S/C11H14ClN3O/c12-8-1-2-10(9(13)7-8)15-5-3-11(16)14-4-6-15/h1-2,7H,3-6,13H2,(H,14,16). The van der Waals surface area contributed by atoms with E-state index in [2.05, 4.69) is 10.2 Å². The van der Waals surface area contributed by atoms with Gasteiger partial charge in [-0.1, -0.05) is 11.6 Å². The fraction of sp³-hybridized carbons (Fsp3) is 0.364. The van der Waals surface area contributed by atoms with E-state index in [1.54, 1.807) is 6.07 Å². The van der Waals surface area contributed by atoms with Crippen LogP contribution in [0.2, 0.25) is 5.02 Å². The lowest BCUT2D eigenvalue weighted by atomic mass is 10.2. The van der Waals surface area contributed by atoms with E-state index >= 15 is 0 Å². The minimum absolute atomic E-state index is 0.0926. The molecule has 0 atom stereocenters. The third-order valence-corrected chi connectivity index (χ3v) is 2.88. The Morgan fingerprint density at radius 2 is 2.19 bits per heavy atom. The summed E-state index contributed by atoms with van der Waals surface area (Å²) >= 11 is 5.85. The molecule has 1 fully saturated rings. The summed E-state index contributed by atoms with van der Waals surface area (Å²) in [5.74, 6) is 0.0926. The molecule has 3 N–H and O–H groups in total. The lowest BCUT2D eigenvalue weighted by Gasteiger charge is -2.23. The molecule has 1 aromatic carbocycles. The number of halogens is 1. The number of nitrogens with two attached hydrogens (primary N) is 1. The molecular weight excluding hydrogens is 226 g/mol. The van der Waals surface area contributed by atoms with E-state index in [0.29, 0.717) is 30.2 Å². The van der Waals surface area contributed by atoms with Crippen molar-refractivity contribution < 1.29 is 4.79 Å². The Labute approximate surface area is 99.4 Å². The van der Waals surface area contributed by atoms with Gasteiger partial charge >= 0.3 is 0 Å². The van der Waals surface area contributed by atoms with Gasteiger partial charge in [-0.25, -0.2) is 0 Å². The number of rotatable bonds is 1. The number of anilines is 2. The number of benzene rings is 1. The topological polar surface area (TPSA) is 58.4 Å². The zero-order valence-electron chi connectivity index (χ0n) is 8.87. The fourth-order valence-corrected chi connectivity index (χ4v) is 2.00. The van der Waals surface area contributed by atoms with Crippen molar-refractivity contribution in [2.75, 3.05) is 30.3 Å². The minimum atomic E-state index is 0.0926. The molecule has 0 spiro atoms. The molecule has 1 aromatic rings. The van der Waals surface area contributed by atoms with Crippen molar-refractivity contribution in [2.45, 2.75) is 6.42 Å². The molecule has 0 radical (unpaired) electrons. The Kier molecular flexibility index (Phi) is 3.19. The molecule has 86 valence electrons. The van der Waals surface area contributed by atoms with Crippen LogP contribution in [-0.4, -0.2) is 25.5 Å². The molecule has 0 aromatic heterocycles. The van der Waals surface area contributed by atoms with Crippen LogP contribution in [0.1, 0.15) is 6.42 Å². The number of hydrogen-bond donors (Lipinski definition) is 2. The second-order valence-electron chi connectivity index (χ2n) is 3.79. The van der Waals surface area contributed by atoms with Crippen LogP contribution in [0.3, 0.4) is 0 Å². The van der Waals surface area contributed by atoms with Gasteiger partial charge in [-0.2, -0.15) is 0 Å². The van der Waals surface area contributed by atoms with E-state index in [1.807, 2.05) is 12.1 Å². The molecule has 16 heavy (non-hydrogen) atoms. The Morgan fingerprint density at radius 1 is 1.38 bits per heavy atom. The average molecular weight is 240 g/mol. The van der Waals surface area contributed by atoms with Gasteiger partial charge in [-0.3, -0.25) is 4.79 Å². The Hall–Kier alpha value is -1.42. The predicted molar refractivity (Wildman–Crippen MR) is 65.7 cm³/mol. The molecule has 1 aliphatic heterocycles. The number of nitrogen functional groups attached to an aromatic ring is 1. The van der Waals surface area contributed by atoms with Crippen molar-refractivity contribution in [3.63, 3.8) is 0 Å². The highest BCUT2D eigenvalue weighted by atomic mass is 35.5. The quantitative estimate of drug-likeness (QED) is 0.726. The fourth-order valence-electron chi connectivity index (χ4n) is 1.82. The SMILES string of the molecule is Nc1cc(Cl)ccc1N1CCNC(=O)CC1. The molecule has 0 aliphatic carbocycles. The highest BCUT2D eigenvalue weighted by Crippen LogP contribution is 2.26. The van der Waals surface area contributed by atoms with Gasteiger partial charge in [0.05, 0.1) is 11.4 Å². The first kappa shape index (κ1) is 11.1. The normalized spacial score (nSPS) is 16.8. The first-order valence-corrected chi connectivity index (χ1v) is 5.61. The summed E-state index contributed by atoms with van der Waals surface area (Å²) in [7, 11) is 0. The summed E-state index contributed by atoms with van der Waals surface area (Å²) in [5.41, 5.74) is 7.51. The van der Waals surface area contributed by atoms with E-state index in [0.717, 1.165) is 12.2 Å². The van der Waals surface area contributed by atoms with Crippen molar-refractivity contribution in [2.24, 2.45) is 0 Å². The van der Waals surface area contributed by atoms with Gasteiger partial charge in [0.2, 0.25) is 5.91 Å². The number of nitrogens with zero attached hydrogens (tertiary/aromatic N) is 1. The van der Waals surface area contributed by atoms with Crippen LogP contribution in [0.4, 0.5) is 11.4 Å². The average Bonchev–Trinajstić information content (AvgIpc) is 2.43. The highest BCUT2D eigenvalue weighted by molar-refractivity contribution is 6.31. The minimum Gasteiger partial charge on any atom is -0.397 e. The smallest absolute Gasteiger partial charge is 0.221 e. The molecular formula is C11H14ClN3O. The number of carbonyl (C=O) groups is 1. The summed E-state index contributed by atoms with van der Waals surface area (Å²) in [6.07, 6.45) is 0.502. The molecule has 0 unspecified atom stereocenters.